The van der Waals surface area contributed by atoms with Crippen molar-refractivity contribution in [2.45, 2.75) is 32.6 Å². The lowest BCUT2D eigenvalue weighted by Crippen LogP contribution is -2.44. The zero-order valence-electron chi connectivity index (χ0n) is 16.7. The van der Waals surface area contributed by atoms with Crippen LogP contribution in [0.3, 0.4) is 0 Å². The summed E-state index contributed by atoms with van der Waals surface area (Å²) in [5.74, 6) is 0.215. The molecule has 1 fully saturated rings. The minimum atomic E-state index is 0.0350. The predicted octanol–water partition coefficient (Wildman–Crippen LogP) is 2.25. The first-order valence-electron chi connectivity index (χ1n) is 10.2. The number of nitrogens with one attached hydrogen (secondary N) is 2. The van der Waals surface area contributed by atoms with E-state index in [9.17, 15) is 9.59 Å². The number of hydrogen-bond donors (Lipinski definition) is 2. The molecule has 0 aliphatic carbocycles. The Kier molecular flexibility index (Phi) is 10.3. The minimum Gasteiger partial charge on any atom is -0.382 e. The summed E-state index contributed by atoms with van der Waals surface area (Å²) in [7, 11) is 0. The summed E-state index contributed by atoms with van der Waals surface area (Å²) < 4.78 is 5.27. The van der Waals surface area contributed by atoms with Crippen LogP contribution in [0.4, 0.5) is 0 Å². The molecule has 1 heterocycles. The maximum absolute atomic E-state index is 12.2. The lowest BCUT2D eigenvalue weighted by molar-refractivity contribution is -0.126. The molecule has 1 aliphatic heterocycles. The van der Waals surface area contributed by atoms with Gasteiger partial charge in [0.25, 0.3) is 0 Å². The lowest BCUT2D eigenvalue weighted by atomic mass is 9.96. The molecule has 1 aromatic rings. The van der Waals surface area contributed by atoms with Gasteiger partial charge in [-0.25, -0.2) is 0 Å². The number of benzene rings is 1. The molecule has 7 heteroatoms. The molecule has 6 nitrogen and oxygen atoms in total. The van der Waals surface area contributed by atoms with Crippen LogP contribution in [0.15, 0.2) is 24.3 Å². The molecular formula is C21H32ClN3O3. The lowest BCUT2D eigenvalue weighted by Gasteiger charge is -2.30. The standard InChI is InChI=1S/C21H32ClN3O3/c1-2-28-15-3-11-24-21(27)18-9-13-25(14-10-18)16-20(26)23-12-8-17-4-6-19(22)7-5-17/h4-7,18H,2-3,8-16H2,1H3,(H,23,26)(H,24,27). The maximum atomic E-state index is 12.2. The molecule has 2 rings (SSSR count). The van der Waals surface area contributed by atoms with E-state index < -0.39 is 0 Å². The van der Waals surface area contributed by atoms with Crippen molar-refractivity contribution in [3.05, 3.63) is 34.9 Å². The second-order valence-electron chi connectivity index (χ2n) is 7.12. The Morgan fingerprint density at radius 2 is 1.86 bits per heavy atom. The van der Waals surface area contributed by atoms with Crippen molar-refractivity contribution in [2.24, 2.45) is 5.92 Å². The third-order valence-electron chi connectivity index (χ3n) is 4.94. The first-order valence-corrected chi connectivity index (χ1v) is 10.5. The van der Waals surface area contributed by atoms with Crippen molar-refractivity contribution < 1.29 is 14.3 Å². The van der Waals surface area contributed by atoms with Crippen molar-refractivity contribution in [1.82, 2.24) is 15.5 Å². The van der Waals surface area contributed by atoms with Gasteiger partial charge < -0.3 is 15.4 Å². The van der Waals surface area contributed by atoms with Crippen LogP contribution in [0.25, 0.3) is 0 Å². The highest BCUT2D eigenvalue weighted by Crippen LogP contribution is 2.17. The highest BCUT2D eigenvalue weighted by molar-refractivity contribution is 6.30. The van der Waals surface area contributed by atoms with Crippen LogP contribution >= 0.6 is 11.6 Å². The normalized spacial score (nSPS) is 15.4. The molecule has 156 valence electrons. The van der Waals surface area contributed by atoms with Gasteiger partial charge in [0.15, 0.2) is 0 Å². The van der Waals surface area contributed by atoms with E-state index in [2.05, 4.69) is 15.5 Å². The number of piperidine rings is 1. The predicted molar refractivity (Wildman–Crippen MR) is 111 cm³/mol. The van der Waals surface area contributed by atoms with E-state index in [-0.39, 0.29) is 17.7 Å². The first kappa shape index (κ1) is 22.7. The van der Waals surface area contributed by atoms with Gasteiger partial charge in [-0.3, -0.25) is 14.5 Å². The molecule has 1 saturated heterocycles. The highest BCUT2D eigenvalue weighted by Gasteiger charge is 2.25. The van der Waals surface area contributed by atoms with E-state index in [0.29, 0.717) is 32.8 Å². The number of carbonyl (C=O) groups is 2. The summed E-state index contributed by atoms with van der Waals surface area (Å²) >= 11 is 5.87. The van der Waals surface area contributed by atoms with E-state index in [4.69, 9.17) is 16.3 Å². The van der Waals surface area contributed by atoms with E-state index in [1.807, 2.05) is 31.2 Å². The molecule has 0 atom stereocenters. The number of hydrogen-bond acceptors (Lipinski definition) is 4. The van der Waals surface area contributed by atoms with Crippen LogP contribution in [0.5, 0.6) is 0 Å². The molecule has 1 aromatic carbocycles. The third-order valence-corrected chi connectivity index (χ3v) is 5.20. The summed E-state index contributed by atoms with van der Waals surface area (Å²) in [6, 6.07) is 7.66. The van der Waals surface area contributed by atoms with Crippen molar-refractivity contribution in [3.8, 4) is 0 Å². The third kappa shape index (κ3) is 8.59. The molecule has 0 radical (unpaired) electrons. The second-order valence-corrected chi connectivity index (χ2v) is 7.55. The second kappa shape index (κ2) is 12.8. The molecule has 0 aromatic heterocycles. The van der Waals surface area contributed by atoms with Gasteiger partial charge >= 0.3 is 0 Å². The molecule has 0 spiro atoms. The fraction of sp³-hybridized carbons (Fsp3) is 0.619. The van der Waals surface area contributed by atoms with Gasteiger partial charge in [-0.1, -0.05) is 23.7 Å². The molecule has 0 saturated carbocycles. The molecule has 2 N–H and O–H groups in total. The number of nitrogens with zero attached hydrogens (tertiary/aromatic N) is 1. The number of amides is 2. The van der Waals surface area contributed by atoms with Gasteiger partial charge in [-0.05, 0) is 63.4 Å². The van der Waals surface area contributed by atoms with Crippen molar-refractivity contribution >= 4 is 23.4 Å². The number of rotatable bonds is 11. The Balaban J connectivity index is 1.56. The zero-order valence-corrected chi connectivity index (χ0v) is 17.5. The van der Waals surface area contributed by atoms with Crippen molar-refractivity contribution in [1.29, 1.82) is 0 Å². The molecule has 1 aliphatic rings. The summed E-state index contributed by atoms with van der Waals surface area (Å²) in [4.78, 5) is 26.5. The summed E-state index contributed by atoms with van der Waals surface area (Å²) in [5, 5.41) is 6.67. The van der Waals surface area contributed by atoms with Crippen LogP contribution in [-0.2, 0) is 20.7 Å². The zero-order chi connectivity index (χ0) is 20.2. The number of likely N-dealkylation sites (tertiary alicyclic amines) is 1. The Labute approximate surface area is 172 Å². The number of halogens is 1. The Morgan fingerprint density at radius 3 is 2.54 bits per heavy atom. The number of ether oxygens (including phenoxy) is 1. The van der Waals surface area contributed by atoms with Crippen LogP contribution in [0.1, 0.15) is 31.7 Å². The fourth-order valence-electron chi connectivity index (χ4n) is 3.28. The summed E-state index contributed by atoms with van der Waals surface area (Å²) in [5.41, 5.74) is 1.15. The van der Waals surface area contributed by atoms with Gasteiger partial charge in [0, 0.05) is 37.2 Å². The van der Waals surface area contributed by atoms with Crippen LogP contribution in [-0.4, -0.2) is 62.7 Å². The topological polar surface area (TPSA) is 70.7 Å². The monoisotopic (exact) mass is 409 g/mol. The van der Waals surface area contributed by atoms with Crippen molar-refractivity contribution in [3.63, 3.8) is 0 Å². The smallest absolute Gasteiger partial charge is 0.234 e. The number of carbonyl (C=O) groups excluding carboxylic acids is 2. The van der Waals surface area contributed by atoms with E-state index in [1.54, 1.807) is 0 Å². The largest absolute Gasteiger partial charge is 0.382 e. The maximum Gasteiger partial charge on any atom is 0.234 e. The first-order chi connectivity index (χ1) is 13.6. The van der Waals surface area contributed by atoms with E-state index in [1.165, 1.54) is 0 Å². The minimum absolute atomic E-state index is 0.0350. The average Bonchev–Trinajstić information content (AvgIpc) is 2.70. The SMILES string of the molecule is CCOCCCNC(=O)C1CCN(CC(=O)NCCc2ccc(Cl)cc2)CC1. The Bertz CT molecular complexity index is 601. The van der Waals surface area contributed by atoms with Gasteiger partial charge in [-0.15, -0.1) is 0 Å². The van der Waals surface area contributed by atoms with Gasteiger partial charge in [0.05, 0.1) is 6.54 Å². The fourth-order valence-corrected chi connectivity index (χ4v) is 3.41. The van der Waals surface area contributed by atoms with Crippen molar-refractivity contribution in [2.75, 3.05) is 45.9 Å². The van der Waals surface area contributed by atoms with E-state index in [0.717, 1.165) is 49.4 Å². The highest BCUT2D eigenvalue weighted by atomic mass is 35.5. The molecular weight excluding hydrogens is 378 g/mol. The average molecular weight is 410 g/mol. The molecule has 2 amide bonds. The van der Waals surface area contributed by atoms with Gasteiger partial charge in [0.2, 0.25) is 11.8 Å². The molecule has 0 unspecified atom stereocenters. The van der Waals surface area contributed by atoms with E-state index >= 15 is 0 Å². The molecule has 28 heavy (non-hydrogen) atoms. The van der Waals surface area contributed by atoms with Crippen LogP contribution < -0.4 is 10.6 Å². The van der Waals surface area contributed by atoms with Gasteiger partial charge in [-0.2, -0.15) is 0 Å². The summed E-state index contributed by atoms with van der Waals surface area (Å²) in [6.07, 6.45) is 3.23. The van der Waals surface area contributed by atoms with Gasteiger partial charge in [0.1, 0.15) is 0 Å². The Hall–Kier alpha value is -1.63. The quantitative estimate of drug-likeness (QED) is 0.550. The Morgan fingerprint density at radius 1 is 1.14 bits per heavy atom. The van der Waals surface area contributed by atoms with Crippen LogP contribution in [0.2, 0.25) is 5.02 Å². The summed E-state index contributed by atoms with van der Waals surface area (Å²) in [6.45, 7) is 6.58. The van der Waals surface area contributed by atoms with Crippen LogP contribution in [0, 0.1) is 5.92 Å². The molecule has 0 bridgehead atoms.